The van der Waals surface area contributed by atoms with Crippen molar-refractivity contribution < 1.29 is 8.60 Å². The summed E-state index contributed by atoms with van der Waals surface area (Å²) in [7, 11) is -1.11. The Morgan fingerprint density at radius 3 is 2.69 bits per heavy atom. The van der Waals surface area contributed by atoms with Crippen molar-refractivity contribution in [3.63, 3.8) is 0 Å². The van der Waals surface area contributed by atoms with Crippen LogP contribution in [0, 0.1) is 12.7 Å². The van der Waals surface area contributed by atoms with Crippen LogP contribution in [0.3, 0.4) is 0 Å². The molecule has 1 rings (SSSR count). The van der Waals surface area contributed by atoms with E-state index in [0.717, 1.165) is 5.56 Å². The molecule has 0 amide bonds. The second kappa shape index (κ2) is 4.37. The summed E-state index contributed by atoms with van der Waals surface area (Å²) in [6.45, 7) is 3.60. The largest absolute Gasteiger partial charge is 0.305 e. The number of halogens is 1. The van der Waals surface area contributed by atoms with Crippen LogP contribution < -0.4 is 4.72 Å². The average molecular weight is 201 g/mol. The van der Waals surface area contributed by atoms with Crippen LogP contribution in [0.2, 0.25) is 0 Å². The average Bonchev–Trinajstić information content (AvgIpc) is 2.02. The lowest BCUT2D eigenvalue weighted by Crippen LogP contribution is -2.06. The van der Waals surface area contributed by atoms with Crippen molar-refractivity contribution in [3.05, 3.63) is 29.6 Å². The Balaban J connectivity index is 2.83. The minimum Gasteiger partial charge on any atom is -0.305 e. The summed E-state index contributed by atoms with van der Waals surface area (Å²) in [5.41, 5.74) is 1.38. The maximum absolute atomic E-state index is 12.8. The van der Waals surface area contributed by atoms with E-state index in [4.69, 9.17) is 0 Å². The zero-order chi connectivity index (χ0) is 9.84. The van der Waals surface area contributed by atoms with Crippen LogP contribution in [0.1, 0.15) is 12.5 Å². The van der Waals surface area contributed by atoms with Crippen molar-refractivity contribution in [3.8, 4) is 0 Å². The van der Waals surface area contributed by atoms with Gasteiger partial charge in [0, 0.05) is 11.4 Å². The minimum atomic E-state index is -1.11. The standard InChI is InChI=1S/C9H12FNOS/c1-3-13(12)11-9-5-7(2)4-8(10)6-9/h4-6,11H,3H2,1-2H3. The number of aryl methyl sites for hydroxylation is 1. The van der Waals surface area contributed by atoms with Crippen LogP contribution in [0.5, 0.6) is 0 Å². The highest BCUT2D eigenvalue weighted by Gasteiger charge is 1.99. The lowest BCUT2D eigenvalue weighted by atomic mass is 10.2. The summed E-state index contributed by atoms with van der Waals surface area (Å²) in [5, 5.41) is 0. The number of nitrogens with one attached hydrogen (secondary N) is 1. The highest BCUT2D eigenvalue weighted by atomic mass is 32.2. The molecule has 72 valence electrons. The van der Waals surface area contributed by atoms with Gasteiger partial charge in [0.25, 0.3) is 0 Å². The molecule has 13 heavy (non-hydrogen) atoms. The first-order chi connectivity index (χ1) is 6.11. The van der Waals surface area contributed by atoms with E-state index in [1.54, 1.807) is 19.9 Å². The summed E-state index contributed by atoms with van der Waals surface area (Å²) >= 11 is 0. The van der Waals surface area contributed by atoms with Gasteiger partial charge in [0.15, 0.2) is 0 Å². The fourth-order valence-corrected chi connectivity index (χ4v) is 1.52. The maximum Gasteiger partial charge on any atom is 0.125 e. The van der Waals surface area contributed by atoms with E-state index < -0.39 is 11.0 Å². The van der Waals surface area contributed by atoms with Crippen LogP contribution in [0.15, 0.2) is 18.2 Å². The number of hydrogen-bond donors (Lipinski definition) is 1. The normalized spacial score (nSPS) is 12.5. The fourth-order valence-electron chi connectivity index (χ4n) is 0.999. The lowest BCUT2D eigenvalue weighted by molar-refractivity contribution is 0.627. The molecule has 1 unspecified atom stereocenters. The Morgan fingerprint density at radius 1 is 1.46 bits per heavy atom. The molecule has 0 heterocycles. The Kier molecular flexibility index (Phi) is 3.42. The molecule has 0 aliphatic rings. The molecule has 0 aliphatic heterocycles. The fraction of sp³-hybridized carbons (Fsp3) is 0.333. The van der Waals surface area contributed by atoms with Crippen molar-refractivity contribution in [1.82, 2.24) is 0 Å². The minimum absolute atomic E-state index is 0.310. The monoisotopic (exact) mass is 201 g/mol. The van der Waals surface area contributed by atoms with E-state index in [0.29, 0.717) is 11.4 Å². The molecule has 0 saturated carbocycles. The molecular formula is C9H12FNOS. The van der Waals surface area contributed by atoms with E-state index in [2.05, 4.69) is 4.72 Å². The molecule has 0 aromatic heterocycles. The van der Waals surface area contributed by atoms with Crippen molar-refractivity contribution in [2.45, 2.75) is 13.8 Å². The smallest absolute Gasteiger partial charge is 0.125 e. The van der Waals surface area contributed by atoms with E-state index in [9.17, 15) is 8.60 Å². The van der Waals surface area contributed by atoms with Crippen LogP contribution in [-0.2, 0) is 11.0 Å². The van der Waals surface area contributed by atoms with Crippen LogP contribution >= 0.6 is 0 Å². The summed E-state index contributed by atoms with van der Waals surface area (Å²) in [4.78, 5) is 0. The first-order valence-corrected chi connectivity index (χ1v) is 5.36. The molecule has 4 heteroatoms. The summed E-state index contributed by atoms with van der Waals surface area (Å²) in [6, 6.07) is 4.53. The van der Waals surface area contributed by atoms with Crippen LogP contribution in [0.4, 0.5) is 10.1 Å². The zero-order valence-electron chi connectivity index (χ0n) is 7.63. The number of hydrogen-bond acceptors (Lipinski definition) is 1. The van der Waals surface area contributed by atoms with Gasteiger partial charge in [-0.05, 0) is 30.7 Å². The van der Waals surface area contributed by atoms with Gasteiger partial charge in [0.05, 0.1) is 0 Å². The maximum atomic E-state index is 12.8. The quantitative estimate of drug-likeness (QED) is 0.798. The van der Waals surface area contributed by atoms with Gasteiger partial charge < -0.3 is 4.72 Å². The summed E-state index contributed by atoms with van der Waals surface area (Å²) in [5.74, 6) is 0.200. The van der Waals surface area contributed by atoms with Crippen molar-refractivity contribution in [1.29, 1.82) is 0 Å². The topological polar surface area (TPSA) is 29.1 Å². The molecule has 0 radical (unpaired) electrons. The third-order valence-electron chi connectivity index (χ3n) is 1.54. The van der Waals surface area contributed by atoms with Gasteiger partial charge in [-0.25, -0.2) is 8.60 Å². The predicted octanol–water partition coefficient (Wildman–Crippen LogP) is 2.23. The van der Waals surface area contributed by atoms with E-state index >= 15 is 0 Å². The molecule has 0 spiro atoms. The summed E-state index contributed by atoms with van der Waals surface area (Å²) < 4.78 is 26.6. The third kappa shape index (κ3) is 3.14. The molecule has 0 fully saturated rings. The van der Waals surface area contributed by atoms with Crippen molar-refractivity contribution >= 4 is 16.7 Å². The first kappa shape index (κ1) is 10.2. The van der Waals surface area contributed by atoms with Gasteiger partial charge in [-0.2, -0.15) is 0 Å². The molecule has 1 aromatic rings. The Labute approximate surface area is 79.8 Å². The van der Waals surface area contributed by atoms with Gasteiger partial charge in [-0.3, -0.25) is 0 Å². The van der Waals surface area contributed by atoms with Gasteiger partial charge in [-0.1, -0.05) is 6.92 Å². The molecule has 1 atom stereocenters. The predicted molar refractivity (Wildman–Crippen MR) is 53.4 cm³/mol. The third-order valence-corrected chi connectivity index (χ3v) is 2.52. The molecular weight excluding hydrogens is 189 g/mol. The van der Waals surface area contributed by atoms with E-state index in [1.807, 2.05) is 0 Å². The van der Waals surface area contributed by atoms with Crippen molar-refractivity contribution in [2.24, 2.45) is 0 Å². The molecule has 1 N–H and O–H groups in total. The second-order valence-corrected chi connectivity index (χ2v) is 4.23. The van der Waals surface area contributed by atoms with Crippen LogP contribution in [-0.4, -0.2) is 9.96 Å². The molecule has 0 aliphatic carbocycles. The molecule has 1 aromatic carbocycles. The number of benzene rings is 1. The Bertz CT molecular complexity index is 307. The van der Waals surface area contributed by atoms with Crippen LogP contribution in [0.25, 0.3) is 0 Å². The van der Waals surface area contributed by atoms with E-state index in [1.165, 1.54) is 12.1 Å². The molecule has 2 nitrogen and oxygen atoms in total. The van der Waals surface area contributed by atoms with Crippen molar-refractivity contribution in [2.75, 3.05) is 10.5 Å². The zero-order valence-corrected chi connectivity index (χ0v) is 8.45. The van der Waals surface area contributed by atoms with E-state index in [-0.39, 0.29) is 5.82 Å². The number of rotatable bonds is 3. The van der Waals surface area contributed by atoms with Gasteiger partial charge in [0.1, 0.15) is 16.8 Å². The Hall–Kier alpha value is -0.900. The van der Waals surface area contributed by atoms with Gasteiger partial charge in [-0.15, -0.1) is 0 Å². The van der Waals surface area contributed by atoms with Gasteiger partial charge in [0.2, 0.25) is 0 Å². The second-order valence-electron chi connectivity index (χ2n) is 2.75. The Morgan fingerprint density at radius 2 is 2.15 bits per heavy atom. The number of anilines is 1. The first-order valence-electron chi connectivity index (χ1n) is 4.04. The lowest BCUT2D eigenvalue weighted by Gasteiger charge is -2.04. The van der Waals surface area contributed by atoms with Gasteiger partial charge >= 0.3 is 0 Å². The molecule has 0 saturated heterocycles. The SMILES string of the molecule is CCS(=O)Nc1cc(C)cc(F)c1. The molecule has 0 bridgehead atoms. The highest BCUT2D eigenvalue weighted by Crippen LogP contribution is 2.13. The summed E-state index contributed by atoms with van der Waals surface area (Å²) in [6.07, 6.45) is 0. The highest BCUT2D eigenvalue weighted by molar-refractivity contribution is 7.86.